The Kier molecular flexibility index (Phi) is 9.28. The zero-order valence-corrected chi connectivity index (χ0v) is 22.4. The van der Waals surface area contributed by atoms with Gasteiger partial charge in [0.15, 0.2) is 0 Å². The second-order valence-corrected chi connectivity index (χ2v) is 9.92. The number of nitrogens with one attached hydrogen (secondary N) is 2. The van der Waals surface area contributed by atoms with E-state index in [1.54, 1.807) is 18.2 Å². The molecule has 0 aromatic heterocycles. The van der Waals surface area contributed by atoms with Crippen LogP contribution in [0, 0.1) is 17.2 Å². The monoisotopic (exact) mass is 599 g/mol. The van der Waals surface area contributed by atoms with Gasteiger partial charge < -0.3 is 21.3 Å². The van der Waals surface area contributed by atoms with Crippen LogP contribution in [0.1, 0.15) is 41.9 Å². The van der Waals surface area contributed by atoms with E-state index in [0.717, 1.165) is 6.07 Å². The number of carbonyl (C=O) groups is 3. The predicted octanol–water partition coefficient (Wildman–Crippen LogP) is 5.30. The highest BCUT2D eigenvalue weighted by atomic mass is 19.4. The molecule has 0 aliphatic carbocycles. The molecule has 13 heteroatoms. The fourth-order valence-corrected chi connectivity index (χ4v) is 5.05. The number of anilines is 3. The molecular weight excluding hydrogens is 573 g/mol. The van der Waals surface area contributed by atoms with Gasteiger partial charge in [-0.05, 0) is 36.2 Å². The van der Waals surface area contributed by atoms with E-state index >= 15 is 0 Å². The molecule has 4 N–H and O–H groups in total. The minimum Gasteiger partial charge on any atom is -0.369 e. The molecule has 0 bridgehead atoms. The quantitative estimate of drug-likeness (QED) is 0.288. The van der Waals surface area contributed by atoms with Crippen LogP contribution < -0.4 is 21.3 Å². The Morgan fingerprint density at radius 1 is 1.07 bits per heavy atom. The summed E-state index contributed by atoms with van der Waals surface area (Å²) < 4.78 is 67.3. The number of fused-ring (bicyclic) bond motifs is 1. The Balaban J connectivity index is 1.75. The van der Waals surface area contributed by atoms with Gasteiger partial charge in [0.1, 0.15) is 6.04 Å². The van der Waals surface area contributed by atoms with Crippen molar-refractivity contribution >= 4 is 34.8 Å². The van der Waals surface area contributed by atoms with Gasteiger partial charge in [0.2, 0.25) is 17.7 Å². The summed E-state index contributed by atoms with van der Waals surface area (Å²) >= 11 is 0. The minimum absolute atomic E-state index is 0.165. The standard InChI is InChI=1S/C30H26F5N5O3/c31-26(32)21-10-5-11-23-25(21)39-28(42)22(16-40(23)19-9-4-6-17(14-19)15-36)38-29(43)24(18-7-2-1-3-8-18)20(27(37)41)12-13-30(33,34)35/h1-11,14,20,22,24,26H,12-13,16H2,(H2,37,41)(H,38,43)(H,39,42)/t20-,22+,24+/m1/s1. The van der Waals surface area contributed by atoms with E-state index in [-0.39, 0.29) is 29.0 Å². The second-order valence-electron chi connectivity index (χ2n) is 9.92. The Morgan fingerprint density at radius 2 is 1.77 bits per heavy atom. The molecule has 43 heavy (non-hydrogen) atoms. The molecule has 4 rings (SSSR count). The largest absolute Gasteiger partial charge is 0.389 e. The molecule has 224 valence electrons. The normalized spacial score (nSPS) is 16.3. The fraction of sp³-hybridized carbons (Fsp3) is 0.267. The van der Waals surface area contributed by atoms with Crippen molar-refractivity contribution in [2.45, 2.75) is 37.4 Å². The first-order valence-corrected chi connectivity index (χ1v) is 13.1. The van der Waals surface area contributed by atoms with Crippen molar-refractivity contribution in [2.75, 3.05) is 16.8 Å². The third-order valence-corrected chi connectivity index (χ3v) is 7.08. The first kappa shape index (κ1) is 31.0. The number of alkyl halides is 5. The van der Waals surface area contributed by atoms with Gasteiger partial charge in [0.05, 0.1) is 41.4 Å². The van der Waals surface area contributed by atoms with Crippen LogP contribution in [-0.2, 0) is 14.4 Å². The number of nitriles is 1. The molecular formula is C30H26F5N5O3. The van der Waals surface area contributed by atoms with Crippen molar-refractivity contribution < 1.29 is 36.3 Å². The van der Waals surface area contributed by atoms with Gasteiger partial charge in [-0.15, -0.1) is 0 Å². The van der Waals surface area contributed by atoms with Crippen LogP contribution in [0.25, 0.3) is 0 Å². The van der Waals surface area contributed by atoms with E-state index < -0.39 is 66.6 Å². The molecule has 1 aliphatic rings. The number of nitrogens with zero attached hydrogens (tertiary/aromatic N) is 2. The van der Waals surface area contributed by atoms with Crippen LogP contribution in [0.2, 0.25) is 0 Å². The van der Waals surface area contributed by atoms with Gasteiger partial charge >= 0.3 is 6.18 Å². The van der Waals surface area contributed by atoms with Crippen molar-refractivity contribution in [2.24, 2.45) is 11.7 Å². The number of benzene rings is 3. The van der Waals surface area contributed by atoms with Crippen molar-refractivity contribution in [3.63, 3.8) is 0 Å². The third kappa shape index (κ3) is 7.27. The highest BCUT2D eigenvalue weighted by Crippen LogP contribution is 2.41. The maximum atomic E-state index is 14.0. The van der Waals surface area contributed by atoms with Gasteiger partial charge in [-0.2, -0.15) is 18.4 Å². The molecule has 8 nitrogen and oxygen atoms in total. The van der Waals surface area contributed by atoms with Gasteiger partial charge in [0.25, 0.3) is 6.43 Å². The summed E-state index contributed by atoms with van der Waals surface area (Å²) in [4.78, 5) is 41.0. The molecule has 3 aromatic rings. The SMILES string of the molecule is N#Cc1cccc(N2C[C@H](NC(=O)[C@@H](c3ccccc3)[C@@H](CCC(F)(F)F)C(N)=O)C(=O)Nc3c(C(F)F)cccc32)c1. The molecule has 3 amide bonds. The Bertz CT molecular complexity index is 1540. The molecule has 0 fully saturated rings. The second kappa shape index (κ2) is 12.9. The molecule has 0 saturated heterocycles. The summed E-state index contributed by atoms with van der Waals surface area (Å²) in [5.74, 6) is -6.04. The first-order chi connectivity index (χ1) is 20.4. The Labute approximate surface area is 243 Å². The van der Waals surface area contributed by atoms with Gasteiger partial charge in [-0.25, -0.2) is 8.78 Å². The average molecular weight is 600 g/mol. The Hall–Kier alpha value is -4.99. The Morgan fingerprint density at radius 3 is 2.40 bits per heavy atom. The third-order valence-electron chi connectivity index (χ3n) is 7.08. The number of rotatable bonds is 9. The minimum atomic E-state index is -4.63. The molecule has 0 radical (unpaired) electrons. The van der Waals surface area contributed by atoms with Gasteiger partial charge in [-0.3, -0.25) is 14.4 Å². The number of carbonyl (C=O) groups excluding carboxylic acids is 3. The van der Waals surface area contributed by atoms with E-state index in [1.807, 2.05) is 6.07 Å². The van der Waals surface area contributed by atoms with Crippen LogP contribution in [0.15, 0.2) is 72.8 Å². The van der Waals surface area contributed by atoms with Gasteiger partial charge in [0, 0.05) is 17.7 Å². The number of hydrogen-bond donors (Lipinski definition) is 3. The number of hydrogen-bond acceptors (Lipinski definition) is 5. The molecule has 0 unspecified atom stereocenters. The first-order valence-electron chi connectivity index (χ1n) is 13.1. The zero-order chi connectivity index (χ0) is 31.3. The predicted molar refractivity (Wildman–Crippen MR) is 147 cm³/mol. The smallest absolute Gasteiger partial charge is 0.369 e. The number of halogens is 5. The number of primary amides is 1. The summed E-state index contributed by atoms with van der Waals surface area (Å²) in [5.41, 5.74) is 5.75. The summed E-state index contributed by atoms with van der Waals surface area (Å²) in [5, 5.41) is 14.4. The number of nitrogens with two attached hydrogens (primary N) is 1. The summed E-state index contributed by atoms with van der Waals surface area (Å²) in [7, 11) is 0. The van der Waals surface area contributed by atoms with Crippen molar-refractivity contribution in [1.29, 1.82) is 5.26 Å². The molecule has 1 aliphatic heterocycles. The number of para-hydroxylation sites is 1. The van der Waals surface area contributed by atoms with Crippen molar-refractivity contribution in [3.05, 3.63) is 89.5 Å². The van der Waals surface area contributed by atoms with E-state index in [1.165, 1.54) is 53.4 Å². The fourth-order valence-electron chi connectivity index (χ4n) is 5.05. The van der Waals surface area contributed by atoms with Crippen molar-refractivity contribution in [3.8, 4) is 6.07 Å². The molecule has 3 aromatic carbocycles. The van der Waals surface area contributed by atoms with E-state index in [2.05, 4.69) is 10.6 Å². The average Bonchev–Trinajstić information content (AvgIpc) is 3.10. The summed E-state index contributed by atoms with van der Waals surface area (Å²) in [6, 6.07) is 18.2. The molecule has 1 heterocycles. The lowest BCUT2D eigenvalue weighted by molar-refractivity contribution is -0.143. The van der Waals surface area contributed by atoms with Gasteiger partial charge in [-0.1, -0.05) is 48.5 Å². The lowest BCUT2D eigenvalue weighted by Crippen LogP contribution is -2.51. The maximum absolute atomic E-state index is 14.0. The summed E-state index contributed by atoms with van der Waals surface area (Å²) in [6.45, 7) is -0.308. The van der Waals surface area contributed by atoms with Crippen LogP contribution in [0.3, 0.4) is 0 Å². The topological polar surface area (TPSA) is 128 Å². The highest BCUT2D eigenvalue weighted by molar-refractivity contribution is 6.04. The highest BCUT2D eigenvalue weighted by Gasteiger charge is 2.40. The van der Waals surface area contributed by atoms with Crippen LogP contribution in [0.4, 0.5) is 39.0 Å². The molecule has 3 atom stereocenters. The van der Waals surface area contributed by atoms with Crippen LogP contribution >= 0.6 is 0 Å². The van der Waals surface area contributed by atoms with Crippen molar-refractivity contribution in [1.82, 2.24) is 5.32 Å². The van der Waals surface area contributed by atoms with E-state index in [4.69, 9.17) is 5.73 Å². The molecule has 0 spiro atoms. The van der Waals surface area contributed by atoms with E-state index in [9.17, 15) is 41.6 Å². The number of amides is 3. The lowest BCUT2D eigenvalue weighted by Gasteiger charge is -2.30. The van der Waals surface area contributed by atoms with Crippen LogP contribution in [-0.4, -0.2) is 36.5 Å². The molecule has 0 saturated carbocycles. The lowest BCUT2D eigenvalue weighted by atomic mass is 9.81. The van der Waals surface area contributed by atoms with E-state index in [0.29, 0.717) is 5.69 Å². The maximum Gasteiger partial charge on any atom is 0.389 e. The zero-order valence-electron chi connectivity index (χ0n) is 22.4. The summed E-state index contributed by atoms with van der Waals surface area (Å²) in [6.07, 6.45) is -9.75. The van der Waals surface area contributed by atoms with Crippen LogP contribution in [0.5, 0.6) is 0 Å².